The maximum atomic E-state index is 11.1. The van der Waals surface area contributed by atoms with E-state index in [0.29, 0.717) is 18.1 Å². The van der Waals surface area contributed by atoms with Crippen molar-refractivity contribution in [3.63, 3.8) is 0 Å². The Morgan fingerprint density at radius 2 is 2.27 bits per heavy atom. The number of hydrogen-bond acceptors (Lipinski definition) is 2. The topological polar surface area (TPSA) is 26.3 Å². The molecule has 0 atom stereocenters. The third-order valence-corrected chi connectivity index (χ3v) is 2.14. The zero-order valence-corrected chi connectivity index (χ0v) is 6.93. The standard InChI is InChI=1S/C9H14O2/c1-3-11-9(10)7(2)8-5-4-6-8/h8H,2-6H2,1H3. The molecule has 0 aromatic heterocycles. The average Bonchev–Trinajstić information content (AvgIpc) is 1.84. The summed E-state index contributed by atoms with van der Waals surface area (Å²) in [5, 5.41) is 0. The lowest BCUT2D eigenvalue weighted by Crippen LogP contribution is -2.20. The highest BCUT2D eigenvalue weighted by molar-refractivity contribution is 5.88. The second kappa shape index (κ2) is 3.56. The Morgan fingerprint density at radius 3 is 2.64 bits per heavy atom. The molecule has 1 aliphatic carbocycles. The van der Waals surface area contributed by atoms with Crippen molar-refractivity contribution in [2.45, 2.75) is 26.2 Å². The second-order valence-electron chi connectivity index (χ2n) is 2.87. The first-order valence-electron chi connectivity index (χ1n) is 4.11. The summed E-state index contributed by atoms with van der Waals surface area (Å²) in [6.07, 6.45) is 3.44. The van der Waals surface area contributed by atoms with Gasteiger partial charge in [0.25, 0.3) is 0 Å². The largest absolute Gasteiger partial charge is 0.463 e. The van der Waals surface area contributed by atoms with Crippen molar-refractivity contribution in [1.82, 2.24) is 0 Å². The van der Waals surface area contributed by atoms with Gasteiger partial charge < -0.3 is 4.74 Å². The molecule has 2 nitrogen and oxygen atoms in total. The minimum absolute atomic E-state index is 0.211. The third kappa shape index (κ3) is 1.82. The van der Waals surface area contributed by atoms with Crippen LogP contribution in [-0.4, -0.2) is 12.6 Å². The number of carbonyl (C=O) groups is 1. The van der Waals surface area contributed by atoms with Crippen molar-refractivity contribution in [3.8, 4) is 0 Å². The van der Waals surface area contributed by atoms with Crippen molar-refractivity contribution in [3.05, 3.63) is 12.2 Å². The Labute approximate surface area is 67.2 Å². The van der Waals surface area contributed by atoms with Crippen molar-refractivity contribution in [2.75, 3.05) is 6.61 Å². The van der Waals surface area contributed by atoms with Crippen LogP contribution >= 0.6 is 0 Å². The zero-order valence-electron chi connectivity index (χ0n) is 6.93. The van der Waals surface area contributed by atoms with Gasteiger partial charge in [0.2, 0.25) is 0 Å². The average molecular weight is 154 g/mol. The van der Waals surface area contributed by atoms with Crippen molar-refractivity contribution >= 4 is 5.97 Å². The van der Waals surface area contributed by atoms with Gasteiger partial charge in [-0.25, -0.2) is 4.79 Å². The Hall–Kier alpha value is -0.790. The molecule has 0 spiro atoms. The Bertz CT molecular complexity index is 168. The first-order chi connectivity index (χ1) is 5.25. The molecule has 1 fully saturated rings. The van der Waals surface area contributed by atoms with Crippen LogP contribution in [0.15, 0.2) is 12.2 Å². The highest BCUT2D eigenvalue weighted by atomic mass is 16.5. The fraction of sp³-hybridized carbons (Fsp3) is 0.667. The summed E-state index contributed by atoms with van der Waals surface area (Å²) in [4.78, 5) is 11.1. The van der Waals surface area contributed by atoms with Gasteiger partial charge in [0, 0.05) is 5.57 Å². The Morgan fingerprint density at radius 1 is 1.64 bits per heavy atom. The van der Waals surface area contributed by atoms with E-state index in [9.17, 15) is 4.79 Å². The summed E-state index contributed by atoms with van der Waals surface area (Å²) < 4.78 is 4.82. The predicted molar refractivity (Wildman–Crippen MR) is 43.1 cm³/mol. The van der Waals surface area contributed by atoms with Gasteiger partial charge in [0.1, 0.15) is 0 Å². The van der Waals surface area contributed by atoms with Crippen LogP contribution in [0.5, 0.6) is 0 Å². The number of carbonyl (C=O) groups excluding carboxylic acids is 1. The third-order valence-electron chi connectivity index (χ3n) is 2.14. The van der Waals surface area contributed by atoms with Crippen LogP contribution in [-0.2, 0) is 9.53 Å². The highest BCUT2D eigenvalue weighted by Crippen LogP contribution is 2.32. The summed E-state index contributed by atoms with van der Waals surface area (Å²) in [6.45, 7) is 5.98. The summed E-state index contributed by atoms with van der Waals surface area (Å²) >= 11 is 0. The minimum Gasteiger partial charge on any atom is -0.463 e. The van der Waals surface area contributed by atoms with Gasteiger partial charge >= 0.3 is 5.97 Å². The van der Waals surface area contributed by atoms with Crippen LogP contribution in [0.25, 0.3) is 0 Å². The maximum Gasteiger partial charge on any atom is 0.333 e. The monoisotopic (exact) mass is 154 g/mol. The van der Waals surface area contributed by atoms with Gasteiger partial charge in [-0.2, -0.15) is 0 Å². The maximum absolute atomic E-state index is 11.1. The van der Waals surface area contributed by atoms with E-state index in [4.69, 9.17) is 4.74 Å². The molecule has 11 heavy (non-hydrogen) atoms. The van der Waals surface area contributed by atoms with E-state index in [-0.39, 0.29) is 5.97 Å². The van der Waals surface area contributed by atoms with E-state index in [0.717, 1.165) is 12.8 Å². The van der Waals surface area contributed by atoms with Crippen LogP contribution in [0.4, 0.5) is 0 Å². The Kier molecular flexibility index (Phi) is 2.69. The molecule has 0 bridgehead atoms. The smallest absolute Gasteiger partial charge is 0.333 e. The molecule has 0 aromatic carbocycles. The lowest BCUT2D eigenvalue weighted by atomic mass is 9.80. The lowest BCUT2D eigenvalue weighted by molar-refractivity contribution is -0.139. The summed E-state index contributed by atoms with van der Waals surface area (Å²) in [7, 11) is 0. The number of esters is 1. The van der Waals surface area contributed by atoms with Gasteiger partial charge in [-0.05, 0) is 25.7 Å². The molecule has 1 rings (SSSR count). The first-order valence-corrected chi connectivity index (χ1v) is 4.11. The highest BCUT2D eigenvalue weighted by Gasteiger charge is 2.25. The van der Waals surface area contributed by atoms with E-state index in [1.54, 1.807) is 0 Å². The first kappa shape index (κ1) is 8.31. The summed E-state index contributed by atoms with van der Waals surface area (Å²) in [6, 6.07) is 0. The van der Waals surface area contributed by atoms with Crippen molar-refractivity contribution in [2.24, 2.45) is 5.92 Å². The normalized spacial score (nSPS) is 17.2. The molecule has 1 aliphatic rings. The number of rotatable bonds is 3. The molecular formula is C9H14O2. The zero-order chi connectivity index (χ0) is 8.27. The molecule has 0 N–H and O–H groups in total. The van der Waals surface area contributed by atoms with Gasteiger partial charge in [-0.15, -0.1) is 0 Å². The molecule has 0 aliphatic heterocycles. The molecule has 2 heteroatoms. The molecule has 1 saturated carbocycles. The number of ether oxygens (including phenoxy) is 1. The molecule has 0 heterocycles. The number of hydrogen-bond donors (Lipinski definition) is 0. The summed E-state index contributed by atoms with van der Waals surface area (Å²) in [5.74, 6) is 0.200. The van der Waals surface area contributed by atoms with Crippen molar-refractivity contribution < 1.29 is 9.53 Å². The van der Waals surface area contributed by atoms with Crippen LogP contribution < -0.4 is 0 Å². The van der Waals surface area contributed by atoms with E-state index < -0.39 is 0 Å². The molecule has 0 aromatic rings. The fourth-order valence-electron chi connectivity index (χ4n) is 1.15. The molecule has 0 radical (unpaired) electrons. The van der Waals surface area contributed by atoms with Gasteiger partial charge in [-0.1, -0.05) is 13.0 Å². The van der Waals surface area contributed by atoms with Crippen molar-refractivity contribution in [1.29, 1.82) is 0 Å². The van der Waals surface area contributed by atoms with E-state index >= 15 is 0 Å². The van der Waals surface area contributed by atoms with E-state index in [2.05, 4.69) is 6.58 Å². The quantitative estimate of drug-likeness (QED) is 0.458. The predicted octanol–water partition coefficient (Wildman–Crippen LogP) is 1.91. The van der Waals surface area contributed by atoms with Gasteiger partial charge in [0.15, 0.2) is 0 Å². The lowest BCUT2D eigenvalue weighted by Gasteiger charge is -2.25. The molecule has 0 unspecified atom stereocenters. The van der Waals surface area contributed by atoms with Crippen LogP contribution in [0, 0.1) is 5.92 Å². The van der Waals surface area contributed by atoms with Crippen LogP contribution in [0.1, 0.15) is 26.2 Å². The van der Waals surface area contributed by atoms with Gasteiger partial charge in [-0.3, -0.25) is 0 Å². The molecule has 0 amide bonds. The molecule has 0 saturated heterocycles. The second-order valence-corrected chi connectivity index (χ2v) is 2.87. The minimum atomic E-state index is -0.211. The Balaban J connectivity index is 2.33. The van der Waals surface area contributed by atoms with Gasteiger partial charge in [0.05, 0.1) is 6.61 Å². The summed E-state index contributed by atoms with van der Waals surface area (Å²) in [5.41, 5.74) is 0.665. The van der Waals surface area contributed by atoms with Crippen LogP contribution in [0.3, 0.4) is 0 Å². The van der Waals surface area contributed by atoms with E-state index in [1.165, 1.54) is 6.42 Å². The fourth-order valence-corrected chi connectivity index (χ4v) is 1.15. The van der Waals surface area contributed by atoms with Crippen LogP contribution in [0.2, 0.25) is 0 Å². The molecule has 62 valence electrons. The molecular weight excluding hydrogens is 140 g/mol. The SMILES string of the molecule is C=C(C(=O)OCC)C1CCC1. The van der Waals surface area contributed by atoms with E-state index in [1.807, 2.05) is 6.92 Å².